The number of hydrogen-bond acceptors (Lipinski definition) is 4. The number of allylic oxidation sites excluding steroid dienone is 3. The summed E-state index contributed by atoms with van der Waals surface area (Å²) in [6.07, 6.45) is 69.6. The summed E-state index contributed by atoms with van der Waals surface area (Å²) in [4.78, 5) is 12.5. The summed E-state index contributed by atoms with van der Waals surface area (Å²) in [5.41, 5.74) is 0. The lowest BCUT2D eigenvalue weighted by Crippen LogP contribution is -2.45. The van der Waals surface area contributed by atoms with Crippen molar-refractivity contribution in [3.63, 3.8) is 0 Å². The van der Waals surface area contributed by atoms with E-state index in [4.69, 9.17) is 0 Å². The summed E-state index contributed by atoms with van der Waals surface area (Å²) in [5, 5.41) is 33.4. The molecule has 3 atom stereocenters. The second-order valence-corrected chi connectivity index (χ2v) is 20.3. The second-order valence-electron chi connectivity index (χ2n) is 20.3. The van der Waals surface area contributed by atoms with Crippen molar-refractivity contribution >= 4 is 5.91 Å². The van der Waals surface area contributed by atoms with E-state index in [-0.39, 0.29) is 18.9 Å². The Morgan fingerprint density at radius 1 is 0.391 bits per heavy atom. The first kappa shape index (κ1) is 62.8. The van der Waals surface area contributed by atoms with Crippen molar-refractivity contribution in [3.05, 3.63) is 24.3 Å². The summed E-state index contributed by atoms with van der Waals surface area (Å²) in [7, 11) is 0. The smallest absolute Gasteiger partial charge is 0.222 e. The molecular weight excluding hydrogens is 787 g/mol. The Morgan fingerprint density at radius 3 is 0.953 bits per heavy atom. The van der Waals surface area contributed by atoms with E-state index >= 15 is 0 Å². The van der Waals surface area contributed by atoms with Crippen molar-refractivity contribution < 1.29 is 20.1 Å². The number of unbranched alkanes of at least 4 members (excludes halogenated alkanes) is 43. The van der Waals surface area contributed by atoms with Crippen LogP contribution in [-0.2, 0) is 4.79 Å². The van der Waals surface area contributed by atoms with Crippen LogP contribution in [0.1, 0.15) is 322 Å². The van der Waals surface area contributed by atoms with Crippen LogP contribution in [0.25, 0.3) is 0 Å². The van der Waals surface area contributed by atoms with E-state index in [1.165, 1.54) is 270 Å². The van der Waals surface area contributed by atoms with E-state index in [9.17, 15) is 20.1 Å². The third kappa shape index (κ3) is 50.2. The van der Waals surface area contributed by atoms with E-state index in [1.807, 2.05) is 6.08 Å². The van der Waals surface area contributed by atoms with E-state index in [1.54, 1.807) is 6.08 Å². The van der Waals surface area contributed by atoms with Gasteiger partial charge in [-0.05, 0) is 44.9 Å². The van der Waals surface area contributed by atoms with Crippen molar-refractivity contribution in [1.82, 2.24) is 5.32 Å². The molecule has 3 unspecified atom stereocenters. The predicted molar refractivity (Wildman–Crippen MR) is 282 cm³/mol. The Kier molecular flexibility index (Phi) is 53.4. The van der Waals surface area contributed by atoms with Crippen LogP contribution < -0.4 is 5.32 Å². The van der Waals surface area contributed by atoms with Gasteiger partial charge in [0.2, 0.25) is 5.91 Å². The van der Waals surface area contributed by atoms with Gasteiger partial charge in [-0.15, -0.1) is 0 Å². The van der Waals surface area contributed by atoms with Crippen LogP contribution >= 0.6 is 0 Å². The van der Waals surface area contributed by atoms with Gasteiger partial charge < -0.3 is 20.6 Å². The summed E-state index contributed by atoms with van der Waals surface area (Å²) >= 11 is 0. The normalized spacial score (nSPS) is 13.4. The Hall–Kier alpha value is -1.17. The molecule has 0 aromatic rings. The lowest BCUT2D eigenvalue weighted by atomic mass is 10.0. The van der Waals surface area contributed by atoms with Crippen LogP contribution in [0.2, 0.25) is 0 Å². The molecule has 0 aliphatic rings. The molecule has 0 spiro atoms. The number of carbonyl (C=O) groups is 1. The van der Waals surface area contributed by atoms with Gasteiger partial charge in [0.15, 0.2) is 0 Å². The second kappa shape index (κ2) is 54.4. The summed E-state index contributed by atoms with van der Waals surface area (Å²) in [6, 6.07) is -0.742. The highest BCUT2D eigenvalue weighted by molar-refractivity contribution is 5.76. The largest absolute Gasteiger partial charge is 0.394 e. The maximum absolute atomic E-state index is 12.5. The van der Waals surface area contributed by atoms with Gasteiger partial charge in [0.05, 0.1) is 31.3 Å². The van der Waals surface area contributed by atoms with Crippen molar-refractivity contribution in [2.75, 3.05) is 6.61 Å². The van der Waals surface area contributed by atoms with Gasteiger partial charge >= 0.3 is 0 Å². The Balaban J connectivity index is 3.47. The molecule has 0 rings (SSSR count). The zero-order valence-corrected chi connectivity index (χ0v) is 43.4. The Bertz CT molecular complexity index is 951. The highest BCUT2D eigenvalue weighted by atomic mass is 16.3. The fraction of sp³-hybridized carbons (Fsp3) is 0.915. The van der Waals surface area contributed by atoms with Gasteiger partial charge in [-0.3, -0.25) is 4.79 Å². The molecule has 0 bridgehead atoms. The molecule has 0 saturated heterocycles. The third-order valence-electron chi connectivity index (χ3n) is 13.7. The molecule has 4 N–H and O–H groups in total. The van der Waals surface area contributed by atoms with E-state index in [2.05, 4.69) is 31.3 Å². The average Bonchev–Trinajstić information content (AvgIpc) is 3.29. The average molecular weight is 903 g/mol. The van der Waals surface area contributed by atoms with Gasteiger partial charge in [0, 0.05) is 0 Å². The Labute approximate surface area is 401 Å². The van der Waals surface area contributed by atoms with Crippen LogP contribution in [0, 0.1) is 0 Å². The summed E-state index contributed by atoms with van der Waals surface area (Å²) in [5.74, 6) is -0.311. The van der Waals surface area contributed by atoms with E-state index in [0.29, 0.717) is 6.42 Å². The quantitative estimate of drug-likeness (QED) is 0.0362. The molecule has 0 fully saturated rings. The maximum atomic E-state index is 12.5. The standard InChI is InChI=1S/C59H115NO4/c1-3-5-7-9-11-13-15-17-19-20-21-22-23-24-25-26-27-28-29-30-31-32-33-34-35-36-37-38-39-40-42-44-46-48-50-52-56(62)54-59(64)60-57(55-61)58(63)53-51-49-47-45-43-41-18-16-14-12-10-8-6-4-2/h28-29,51,53,56-58,61-63H,3-27,30-50,52,54-55H2,1-2H3,(H,60,64)/b29-28-,53-51+. The van der Waals surface area contributed by atoms with E-state index in [0.717, 1.165) is 25.7 Å². The molecule has 0 aromatic carbocycles. The monoisotopic (exact) mass is 902 g/mol. The first-order valence-electron chi connectivity index (χ1n) is 29.1. The van der Waals surface area contributed by atoms with Gasteiger partial charge in [0.1, 0.15) is 0 Å². The lowest BCUT2D eigenvalue weighted by Gasteiger charge is -2.21. The molecule has 1 amide bonds. The fourth-order valence-corrected chi connectivity index (χ4v) is 9.28. The molecule has 0 saturated carbocycles. The van der Waals surface area contributed by atoms with Crippen molar-refractivity contribution in [1.29, 1.82) is 0 Å². The predicted octanol–water partition coefficient (Wildman–Crippen LogP) is 18.1. The first-order valence-corrected chi connectivity index (χ1v) is 29.1. The molecule has 0 aromatic heterocycles. The van der Waals surface area contributed by atoms with Crippen LogP contribution in [0.5, 0.6) is 0 Å². The molecule has 0 radical (unpaired) electrons. The molecule has 0 aliphatic heterocycles. The highest BCUT2D eigenvalue weighted by Gasteiger charge is 2.20. The first-order chi connectivity index (χ1) is 31.5. The Morgan fingerprint density at radius 2 is 0.656 bits per heavy atom. The van der Waals surface area contributed by atoms with Crippen LogP contribution in [0.3, 0.4) is 0 Å². The van der Waals surface area contributed by atoms with E-state index < -0.39 is 18.2 Å². The van der Waals surface area contributed by atoms with Gasteiger partial charge in [-0.2, -0.15) is 0 Å². The van der Waals surface area contributed by atoms with Gasteiger partial charge in [-0.25, -0.2) is 0 Å². The maximum Gasteiger partial charge on any atom is 0.222 e. The lowest BCUT2D eigenvalue weighted by molar-refractivity contribution is -0.124. The number of aliphatic hydroxyl groups excluding tert-OH is 3. The minimum Gasteiger partial charge on any atom is -0.394 e. The molecule has 64 heavy (non-hydrogen) atoms. The summed E-state index contributed by atoms with van der Waals surface area (Å²) < 4.78 is 0. The van der Waals surface area contributed by atoms with Gasteiger partial charge in [-0.1, -0.05) is 295 Å². The fourth-order valence-electron chi connectivity index (χ4n) is 9.28. The SMILES string of the molecule is CCCCCCCCCCCCCC/C=C/C(O)C(CO)NC(=O)CC(O)CCCCCCCCCCCCCCCCC/C=C\CCCCCCCCCCCCCCCCCC. The molecule has 380 valence electrons. The van der Waals surface area contributed by atoms with Crippen LogP contribution in [0.4, 0.5) is 0 Å². The zero-order valence-electron chi connectivity index (χ0n) is 43.4. The zero-order chi connectivity index (χ0) is 46.5. The number of rotatable bonds is 54. The molecular formula is C59H115NO4. The van der Waals surface area contributed by atoms with Crippen LogP contribution in [0.15, 0.2) is 24.3 Å². The molecule has 5 heteroatoms. The number of nitrogens with one attached hydrogen (secondary N) is 1. The molecule has 0 heterocycles. The molecule has 5 nitrogen and oxygen atoms in total. The number of amides is 1. The number of carbonyl (C=O) groups excluding carboxylic acids is 1. The molecule has 0 aliphatic carbocycles. The third-order valence-corrected chi connectivity index (χ3v) is 13.7. The number of aliphatic hydroxyl groups is 3. The summed E-state index contributed by atoms with van der Waals surface area (Å²) in [6.45, 7) is 4.24. The van der Waals surface area contributed by atoms with Crippen molar-refractivity contribution in [3.8, 4) is 0 Å². The topological polar surface area (TPSA) is 89.8 Å². The van der Waals surface area contributed by atoms with Crippen molar-refractivity contribution in [2.24, 2.45) is 0 Å². The number of hydrogen-bond donors (Lipinski definition) is 4. The van der Waals surface area contributed by atoms with Crippen LogP contribution in [-0.4, -0.2) is 46.1 Å². The minimum atomic E-state index is -0.927. The highest BCUT2D eigenvalue weighted by Crippen LogP contribution is 2.18. The van der Waals surface area contributed by atoms with Crippen molar-refractivity contribution in [2.45, 2.75) is 340 Å². The minimum absolute atomic E-state index is 0.0169. The van der Waals surface area contributed by atoms with Gasteiger partial charge in [0.25, 0.3) is 0 Å².